The van der Waals surface area contributed by atoms with Gasteiger partial charge in [0.15, 0.2) is 0 Å². The van der Waals surface area contributed by atoms with Gasteiger partial charge in [-0.25, -0.2) is 4.98 Å². The molecule has 2 aromatic carbocycles. The number of nitro groups is 1. The van der Waals surface area contributed by atoms with E-state index < -0.39 is 14.9 Å². The molecule has 0 bridgehead atoms. The number of hydrogen-bond acceptors (Lipinski definition) is 7. The van der Waals surface area contributed by atoms with Crippen molar-refractivity contribution in [2.75, 3.05) is 19.0 Å². The van der Waals surface area contributed by atoms with Crippen LogP contribution in [0.2, 0.25) is 0 Å². The first kappa shape index (κ1) is 22.3. The van der Waals surface area contributed by atoms with E-state index in [1.165, 1.54) is 30.6 Å². The number of pyridine rings is 1. The average Bonchev–Trinajstić information content (AvgIpc) is 3.51. The molecule has 1 N–H and O–H groups in total. The van der Waals surface area contributed by atoms with Crippen LogP contribution < -0.4 is 4.90 Å². The van der Waals surface area contributed by atoms with Crippen LogP contribution in [0.5, 0.6) is 0 Å². The molecule has 5 rings (SSSR count). The average molecular weight is 489 g/mol. The number of benzene rings is 2. The Balaban J connectivity index is 1.52. The summed E-state index contributed by atoms with van der Waals surface area (Å²) in [5, 5.41) is 15.9. The molecule has 5 aromatic rings. The molecule has 35 heavy (non-hydrogen) atoms. The van der Waals surface area contributed by atoms with Gasteiger partial charge in [0, 0.05) is 66.4 Å². The summed E-state index contributed by atoms with van der Waals surface area (Å²) in [7, 11) is -0.149. The van der Waals surface area contributed by atoms with Crippen LogP contribution in [0.4, 0.5) is 11.4 Å². The van der Waals surface area contributed by atoms with Crippen molar-refractivity contribution in [2.24, 2.45) is 0 Å². The third-order valence-electron chi connectivity index (χ3n) is 5.69. The van der Waals surface area contributed by atoms with Crippen LogP contribution in [-0.4, -0.2) is 46.6 Å². The molecule has 10 nitrogen and oxygen atoms in total. The molecule has 0 fully saturated rings. The minimum absolute atomic E-state index is 0.217. The van der Waals surface area contributed by atoms with Crippen molar-refractivity contribution < 1.29 is 13.3 Å². The van der Waals surface area contributed by atoms with Crippen LogP contribution in [-0.2, 0) is 10.0 Å². The molecule has 0 aliphatic heterocycles. The molecule has 0 amide bonds. The van der Waals surface area contributed by atoms with Crippen molar-refractivity contribution in [3.05, 3.63) is 89.5 Å². The Morgan fingerprint density at radius 2 is 1.77 bits per heavy atom. The predicted molar refractivity (Wildman–Crippen MR) is 133 cm³/mol. The van der Waals surface area contributed by atoms with Crippen molar-refractivity contribution in [3.8, 4) is 22.3 Å². The summed E-state index contributed by atoms with van der Waals surface area (Å²) in [6, 6.07) is 15.0. The highest BCUT2D eigenvalue weighted by Crippen LogP contribution is 2.32. The van der Waals surface area contributed by atoms with Crippen molar-refractivity contribution >= 4 is 32.4 Å². The monoisotopic (exact) mass is 488 g/mol. The summed E-state index contributed by atoms with van der Waals surface area (Å²) in [6.07, 6.45) is 6.35. The van der Waals surface area contributed by atoms with Gasteiger partial charge in [0.2, 0.25) is 0 Å². The number of anilines is 1. The van der Waals surface area contributed by atoms with Gasteiger partial charge in [0.1, 0.15) is 5.65 Å². The summed E-state index contributed by atoms with van der Waals surface area (Å²) in [5.74, 6) is 0. The first-order chi connectivity index (χ1) is 16.7. The molecule has 0 unspecified atom stereocenters. The Hall–Kier alpha value is -4.51. The van der Waals surface area contributed by atoms with E-state index in [0.29, 0.717) is 11.2 Å². The second-order valence-electron chi connectivity index (χ2n) is 8.12. The van der Waals surface area contributed by atoms with Gasteiger partial charge < -0.3 is 9.88 Å². The Morgan fingerprint density at radius 1 is 1.00 bits per heavy atom. The van der Waals surface area contributed by atoms with Crippen LogP contribution in [0.1, 0.15) is 0 Å². The zero-order valence-corrected chi connectivity index (χ0v) is 19.6. The first-order valence-electron chi connectivity index (χ1n) is 10.5. The van der Waals surface area contributed by atoms with Gasteiger partial charge in [-0.15, -0.1) is 0 Å². The molecular formula is C24H20N6O4S. The van der Waals surface area contributed by atoms with Gasteiger partial charge in [-0.3, -0.25) is 10.1 Å². The maximum absolute atomic E-state index is 13.0. The smallest absolute Gasteiger partial charge is 0.283 e. The normalized spacial score (nSPS) is 11.6. The van der Waals surface area contributed by atoms with E-state index in [4.69, 9.17) is 0 Å². The predicted octanol–water partition coefficient (Wildman–Crippen LogP) is 4.30. The van der Waals surface area contributed by atoms with Gasteiger partial charge in [0.05, 0.1) is 22.2 Å². The Kier molecular flexibility index (Phi) is 5.33. The molecular weight excluding hydrogens is 468 g/mol. The highest BCUT2D eigenvalue weighted by molar-refractivity contribution is 7.89. The fourth-order valence-electron chi connectivity index (χ4n) is 3.79. The largest absolute Gasteiger partial charge is 0.378 e. The highest BCUT2D eigenvalue weighted by Gasteiger charge is 2.22. The standard InChI is InChI=1S/C24H20N6O4S/c1-28(2)19-8-6-16(7-9-19)17-10-22-23(14-26-24(22)25-12-17)18-13-27-29(15-18)35(33,34)21-5-3-4-20(11-21)30(31)32/h3-15H,1-2H3,(H,25,26). The lowest BCUT2D eigenvalue weighted by molar-refractivity contribution is -0.385. The fraction of sp³-hybridized carbons (Fsp3) is 0.0833. The molecule has 0 saturated heterocycles. The number of rotatable bonds is 6. The first-order valence-corrected chi connectivity index (χ1v) is 12.0. The fourth-order valence-corrected chi connectivity index (χ4v) is 4.95. The lowest BCUT2D eigenvalue weighted by Crippen LogP contribution is -2.13. The van der Waals surface area contributed by atoms with Crippen LogP contribution in [0.3, 0.4) is 0 Å². The number of H-pyrrole nitrogens is 1. The number of fused-ring (bicyclic) bond motifs is 1. The molecule has 176 valence electrons. The highest BCUT2D eigenvalue weighted by atomic mass is 32.2. The van der Waals surface area contributed by atoms with E-state index in [9.17, 15) is 18.5 Å². The molecule has 0 radical (unpaired) electrons. The van der Waals surface area contributed by atoms with E-state index in [2.05, 4.69) is 15.1 Å². The zero-order chi connectivity index (χ0) is 24.7. The SMILES string of the molecule is CN(C)c1ccc(-c2cnc3[nH]cc(-c4cnn(S(=O)(=O)c5cccc([N+](=O)[O-])c5)c4)c3c2)cc1. The van der Waals surface area contributed by atoms with E-state index in [0.717, 1.165) is 37.9 Å². The Morgan fingerprint density at radius 3 is 2.49 bits per heavy atom. The summed E-state index contributed by atoms with van der Waals surface area (Å²) in [6.45, 7) is 0. The van der Waals surface area contributed by atoms with Crippen molar-refractivity contribution in [3.63, 3.8) is 0 Å². The maximum Gasteiger partial charge on any atom is 0.283 e. The number of aromatic nitrogens is 4. The number of hydrogen-bond donors (Lipinski definition) is 1. The second kappa shape index (κ2) is 8.37. The second-order valence-corrected chi connectivity index (χ2v) is 9.92. The lowest BCUT2D eigenvalue weighted by atomic mass is 10.0. The van der Waals surface area contributed by atoms with Crippen LogP contribution in [0.25, 0.3) is 33.3 Å². The summed E-state index contributed by atoms with van der Waals surface area (Å²) in [5.41, 5.74) is 4.64. The van der Waals surface area contributed by atoms with Gasteiger partial charge in [-0.1, -0.05) is 18.2 Å². The molecule has 0 atom stereocenters. The topological polar surface area (TPSA) is 127 Å². The summed E-state index contributed by atoms with van der Waals surface area (Å²) >= 11 is 0. The van der Waals surface area contributed by atoms with Gasteiger partial charge >= 0.3 is 0 Å². The lowest BCUT2D eigenvalue weighted by Gasteiger charge is -2.12. The van der Waals surface area contributed by atoms with Gasteiger partial charge in [-0.2, -0.15) is 17.6 Å². The molecule has 11 heteroatoms. The summed E-state index contributed by atoms with van der Waals surface area (Å²) in [4.78, 5) is 19.8. The van der Waals surface area contributed by atoms with Gasteiger partial charge in [-0.05, 0) is 29.8 Å². The zero-order valence-electron chi connectivity index (χ0n) is 18.8. The van der Waals surface area contributed by atoms with E-state index in [-0.39, 0.29) is 10.6 Å². The third kappa shape index (κ3) is 4.02. The quantitative estimate of drug-likeness (QED) is 0.279. The van der Waals surface area contributed by atoms with Crippen molar-refractivity contribution in [1.29, 1.82) is 0 Å². The number of nitrogens with zero attached hydrogens (tertiary/aromatic N) is 5. The van der Waals surface area contributed by atoms with E-state index in [1.54, 1.807) is 12.4 Å². The molecule has 0 saturated carbocycles. The van der Waals surface area contributed by atoms with E-state index in [1.807, 2.05) is 49.3 Å². The van der Waals surface area contributed by atoms with Crippen molar-refractivity contribution in [2.45, 2.75) is 4.90 Å². The maximum atomic E-state index is 13.0. The molecule has 3 aromatic heterocycles. The Labute approximate surface area is 200 Å². The number of nitro benzene ring substituents is 1. The minimum atomic E-state index is -4.11. The van der Waals surface area contributed by atoms with E-state index >= 15 is 0 Å². The molecule has 0 aliphatic carbocycles. The van der Waals surface area contributed by atoms with Crippen LogP contribution >= 0.6 is 0 Å². The number of non-ortho nitro benzene ring substituents is 1. The van der Waals surface area contributed by atoms with Gasteiger partial charge in [0.25, 0.3) is 15.7 Å². The molecule has 0 spiro atoms. The summed E-state index contributed by atoms with van der Waals surface area (Å²) < 4.78 is 26.9. The number of aromatic amines is 1. The third-order valence-corrected chi connectivity index (χ3v) is 7.23. The van der Waals surface area contributed by atoms with Crippen molar-refractivity contribution in [1.82, 2.24) is 19.2 Å². The van der Waals surface area contributed by atoms with Crippen LogP contribution in [0.15, 0.2) is 84.3 Å². The number of nitrogens with one attached hydrogen (secondary N) is 1. The molecule has 3 heterocycles. The minimum Gasteiger partial charge on any atom is -0.378 e. The van der Waals surface area contributed by atoms with Crippen LogP contribution in [0, 0.1) is 10.1 Å². The Bertz CT molecular complexity index is 1670. The molecule has 0 aliphatic rings.